The molecule has 0 radical (unpaired) electrons. The van der Waals surface area contributed by atoms with Crippen molar-refractivity contribution in [3.8, 4) is 22.5 Å². The molecule has 4 aromatic rings. The molecule has 0 atom stereocenters. The van der Waals surface area contributed by atoms with Crippen molar-refractivity contribution in [1.82, 2.24) is 0 Å². The van der Waals surface area contributed by atoms with E-state index in [0.29, 0.717) is 0 Å². The van der Waals surface area contributed by atoms with Crippen molar-refractivity contribution in [3.63, 3.8) is 0 Å². The molecule has 0 saturated carbocycles. The van der Waals surface area contributed by atoms with Gasteiger partial charge in [0, 0.05) is 28.8 Å². The molecule has 26 heavy (non-hydrogen) atoms. The third-order valence-electron chi connectivity index (χ3n) is 4.63. The number of aromatic nitrogens is 1. The van der Waals surface area contributed by atoms with Crippen LogP contribution < -0.4 is 4.57 Å². The van der Waals surface area contributed by atoms with Crippen LogP contribution in [0.15, 0.2) is 103 Å². The molecule has 0 bridgehead atoms. The van der Waals surface area contributed by atoms with Gasteiger partial charge in [0.1, 0.15) is 0 Å². The van der Waals surface area contributed by atoms with Crippen molar-refractivity contribution >= 4 is 0 Å². The van der Waals surface area contributed by atoms with Crippen LogP contribution in [0.1, 0.15) is 11.1 Å². The van der Waals surface area contributed by atoms with Crippen molar-refractivity contribution in [3.05, 3.63) is 114 Å². The van der Waals surface area contributed by atoms with Crippen LogP contribution in [0.3, 0.4) is 0 Å². The maximum Gasteiger partial charge on any atom is 0.213 e. The average Bonchev–Trinajstić information content (AvgIpc) is 2.71. The van der Waals surface area contributed by atoms with Crippen LogP contribution in [0.25, 0.3) is 22.5 Å². The predicted molar refractivity (Wildman–Crippen MR) is 108 cm³/mol. The summed E-state index contributed by atoms with van der Waals surface area (Å²) >= 11 is 0. The Morgan fingerprint density at radius 2 is 1.00 bits per heavy atom. The first-order valence-electron chi connectivity index (χ1n) is 9.00. The fourth-order valence-corrected chi connectivity index (χ4v) is 3.39. The predicted octanol–water partition coefficient (Wildman–Crippen LogP) is 5.66. The van der Waals surface area contributed by atoms with Crippen LogP contribution >= 0.6 is 0 Å². The van der Waals surface area contributed by atoms with E-state index in [0.717, 1.165) is 6.54 Å². The number of nitrogens with zero attached hydrogens (tertiary/aromatic N) is 1. The largest absolute Gasteiger partial charge is 0.213 e. The Balaban J connectivity index is 1.95. The topological polar surface area (TPSA) is 3.88 Å². The first-order valence-corrected chi connectivity index (χ1v) is 9.00. The Hall–Kier alpha value is -3.19. The van der Waals surface area contributed by atoms with Gasteiger partial charge in [-0.25, -0.2) is 0 Å². The average molecular weight is 336 g/mol. The van der Waals surface area contributed by atoms with Crippen LogP contribution in [-0.2, 0) is 6.54 Å². The van der Waals surface area contributed by atoms with Gasteiger partial charge in [-0.15, -0.1) is 0 Å². The smallest absolute Gasteiger partial charge is 0.187 e. The molecule has 0 aliphatic rings. The fourth-order valence-electron chi connectivity index (χ4n) is 3.39. The molecule has 0 aliphatic heterocycles. The van der Waals surface area contributed by atoms with Gasteiger partial charge in [-0.3, -0.25) is 0 Å². The van der Waals surface area contributed by atoms with Crippen molar-refractivity contribution in [2.24, 2.45) is 0 Å². The van der Waals surface area contributed by atoms with Gasteiger partial charge in [-0.1, -0.05) is 66.7 Å². The van der Waals surface area contributed by atoms with Gasteiger partial charge in [-0.05, 0) is 36.8 Å². The summed E-state index contributed by atoms with van der Waals surface area (Å²) in [5, 5.41) is 0. The number of hydrogen-bond donors (Lipinski definition) is 0. The molecule has 1 nitrogen and oxygen atoms in total. The maximum absolute atomic E-state index is 2.42. The summed E-state index contributed by atoms with van der Waals surface area (Å²) in [5.41, 5.74) is 7.54. The van der Waals surface area contributed by atoms with Crippen LogP contribution in [-0.4, -0.2) is 0 Å². The Kier molecular flexibility index (Phi) is 4.61. The van der Waals surface area contributed by atoms with Gasteiger partial charge in [-0.2, -0.15) is 4.57 Å². The molecular formula is C25H22N+. The molecule has 0 saturated heterocycles. The number of aryl methyl sites for hydroxylation is 1. The van der Waals surface area contributed by atoms with Crippen LogP contribution in [0.2, 0.25) is 0 Å². The molecule has 3 aromatic carbocycles. The first kappa shape index (κ1) is 16.3. The lowest BCUT2D eigenvalue weighted by molar-refractivity contribution is -0.666. The van der Waals surface area contributed by atoms with E-state index in [2.05, 4.69) is 115 Å². The number of benzene rings is 3. The molecule has 0 N–H and O–H groups in total. The van der Waals surface area contributed by atoms with E-state index in [9.17, 15) is 0 Å². The fraction of sp³-hybridized carbons (Fsp3) is 0.0800. The van der Waals surface area contributed by atoms with Gasteiger partial charge < -0.3 is 0 Å². The number of pyridine rings is 1. The Bertz CT molecular complexity index is 929. The van der Waals surface area contributed by atoms with E-state index in [4.69, 9.17) is 0 Å². The molecule has 0 unspecified atom stereocenters. The molecule has 0 amide bonds. The molecule has 0 fully saturated rings. The summed E-state index contributed by atoms with van der Waals surface area (Å²) in [5.74, 6) is 0. The third kappa shape index (κ3) is 3.43. The highest BCUT2D eigenvalue weighted by molar-refractivity contribution is 5.62. The standard InChI is InChI=1S/C25H22N/c1-20-17-24(22-13-7-3-8-14-22)26(19-21-11-5-2-6-12-21)25(18-20)23-15-9-4-10-16-23/h2-18H,19H2,1H3/q+1. The Labute approximate surface area is 155 Å². The first-order chi connectivity index (χ1) is 12.8. The zero-order valence-corrected chi connectivity index (χ0v) is 15.0. The van der Waals surface area contributed by atoms with Gasteiger partial charge in [0.25, 0.3) is 0 Å². The molecule has 126 valence electrons. The van der Waals surface area contributed by atoms with Crippen LogP contribution in [0.5, 0.6) is 0 Å². The summed E-state index contributed by atoms with van der Waals surface area (Å²) in [6.45, 7) is 3.02. The van der Waals surface area contributed by atoms with E-state index in [1.165, 1.54) is 33.6 Å². The lowest BCUT2D eigenvalue weighted by Crippen LogP contribution is -2.39. The zero-order valence-electron chi connectivity index (χ0n) is 15.0. The van der Waals surface area contributed by atoms with E-state index in [1.54, 1.807) is 0 Å². The zero-order chi connectivity index (χ0) is 17.8. The second-order valence-corrected chi connectivity index (χ2v) is 6.61. The molecule has 1 aromatic heterocycles. The van der Waals surface area contributed by atoms with Gasteiger partial charge in [0.2, 0.25) is 11.4 Å². The Morgan fingerprint density at radius 3 is 1.46 bits per heavy atom. The maximum atomic E-state index is 2.42. The van der Waals surface area contributed by atoms with E-state index in [-0.39, 0.29) is 0 Å². The minimum atomic E-state index is 0.843. The molecule has 0 aliphatic carbocycles. The van der Waals surface area contributed by atoms with E-state index in [1.807, 2.05) is 0 Å². The second kappa shape index (κ2) is 7.37. The number of hydrogen-bond acceptors (Lipinski definition) is 0. The van der Waals surface area contributed by atoms with Gasteiger partial charge in [0.05, 0.1) is 0 Å². The minimum Gasteiger partial charge on any atom is -0.187 e. The molecule has 1 heterocycles. The van der Waals surface area contributed by atoms with E-state index >= 15 is 0 Å². The minimum absolute atomic E-state index is 0.843. The van der Waals surface area contributed by atoms with Crippen LogP contribution in [0.4, 0.5) is 0 Å². The summed E-state index contributed by atoms with van der Waals surface area (Å²) in [6, 6.07) is 36.5. The summed E-state index contributed by atoms with van der Waals surface area (Å²) in [7, 11) is 0. The summed E-state index contributed by atoms with van der Waals surface area (Å²) in [4.78, 5) is 0. The summed E-state index contributed by atoms with van der Waals surface area (Å²) < 4.78 is 2.42. The monoisotopic (exact) mass is 336 g/mol. The van der Waals surface area contributed by atoms with Gasteiger partial charge >= 0.3 is 0 Å². The molecular weight excluding hydrogens is 314 g/mol. The van der Waals surface area contributed by atoms with Gasteiger partial charge in [0.15, 0.2) is 6.54 Å². The van der Waals surface area contributed by atoms with Crippen molar-refractivity contribution in [2.45, 2.75) is 13.5 Å². The highest BCUT2D eigenvalue weighted by atomic mass is 15.0. The van der Waals surface area contributed by atoms with Crippen molar-refractivity contribution < 1.29 is 4.57 Å². The highest BCUT2D eigenvalue weighted by Gasteiger charge is 2.21. The van der Waals surface area contributed by atoms with Crippen LogP contribution in [0, 0.1) is 6.92 Å². The Morgan fingerprint density at radius 1 is 0.577 bits per heavy atom. The summed E-state index contributed by atoms with van der Waals surface area (Å²) in [6.07, 6.45) is 0. The second-order valence-electron chi connectivity index (χ2n) is 6.61. The van der Waals surface area contributed by atoms with Crippen molar-refractivity contribution in [1.29, 1.82) is 0 Å². The highest BCUT2D eigenvalue weighted by Crippen LogP contribution is 2.23. The molecule has 0 spiro atoms. The number of rotatable bonds is 4. The lowest BCUT2D eigenvalue weighted by Gasteiger charge is -2.11. The lowest BCUT2D eigenvalue weighted by atomic mass is 10.0. The van der Waals surface area contributed by atoms with Crippen molar-refractivity contribution in [2.75, 3.05) is 0 Å². The normalized spacial score (nSPS) is 10.7. The SMILES string of the molecule is Cc1cc(-c2ccccc2)[n+](Cc2ccccc2)c(-c2ccccc2)c1. The molecule has 4 rings (SSSR count). The molecule has 1 heteroatoms. The quantitative estimate of drug-likeness (QED) is 0.423. The van der Waals surface area contributed by atoms with E-state index < -0.39 is 0 Å². The third-order valence-corrected chi connectivity index (χ3v) is 4.63.